The van der Waals surface area contributed by atoms with Crippen molar-refractivity contribution in [1.29, 1.82) is 0 Å². The van der Waals surface area contributed by atoms with Gasteiger partial charge in [-0.25, -0.2) is 0 Å². The highest BCUT2D eigenvalue weighted by Crippen LogP contribution is 2.45. The Bertz CT molecular complexity index is 568. The first-order chi connectivity index (χ1) is 10.9. The van der Waals surface area contributed by atoms with E-state index in [0.29, 0.717) is 35.9 Å². The number of ether oxygens (including phenoxy) is 2. The summed E-state index contributed by atoms with van der Waals surface area (Å²) in [6.07, 6.45) is 2.79. The second kappa shape index (κ2) is 7.21. The van der Waals surface area contributed by atoms with Crippen molar-refractivity contribution in [1.82, 2.24) is 0 Å². The summed E-state index contributed by atoms with van der Waals surface area (Å²) in [6.45, 7) is 8.78. The number of carbonyl (C=O) groups excluding carboxylic acids is 1. The summed E-state index contributed by atoms with van der Waals surface area (Å²) in [6, 6.07) is 3.61. The first-order valence-corrected chi connectivity index (χ1v) is 8.36. The van der Waals surface area contributed by atoms with Gasteiger partial charge in [-0.05, 0) is 44.4 Å². The van der Waals surface area contributed by atoms with Gasteiger partial charge in [0.25, 0.3) is 5.91 Å². The summed E-state index contributed by atoms with van der Waals surface area (Å²) >= 11 is 0. The Morgan fingerprint density at radius 2 is 2.00 bits per heavy atom. The Labute approximate surface area is 138 Å². The molecule has 5 nitrogen and oxygen atoms in total. The molecule has 1 amide bonds. The van der Waals surface area contributed by atoms with E-state index in [4.69, 9.17) is 9.47 Å². The smallest absolute Gasteiger partial charge is 0.270 e. The van der Waals surface area contributed by atoms with Crippen LogP contribution in [-0.4, -0.2) is 29.8 Å². The molecule has 1 heterocycles. The van der Waals surface area contributed by atoms with Gasteiger partial charge >= 0.3 is 0 Å². The molecule has 0 atom stereocenters. The summed E-state index contributed by atoms with van der Waals surface area (Å²) in [5.74, 6) is 1.13. The fourth-order valence-corrected chi connectivity index (χ4v) is 2.63. The molecular weight excluding hydrogens is 294 g/mol. The predicted molar refractivity (Wildman–Crippen MR) is 90.1 cm³/mol. The topological polar surface area (TPSA) is 59.0 Å². The van der Waals surface area contributed by atoms with Gasteiger partial charge in [-0.2, -0.15) is 0 Å². The van der Waals surface area contributed by atoms with Gasteiger partial charge in [0.05, 0.1) is 18.9 Å². The molecule has 23 heavy (non-hydrogen) atoms. The molecule has 1 aromatic rings. The average Bonchev–Trinajstić information content (AvgIpc) is 2.53. The number of fused-ring (bicyclic) bond motifs is 1. The van der Waals surface area contributed by atoms with E-state index in [0.717, 1.165) is 19.3 Å². The Balaban J connectivity index is 2.52. The molecule has 2 rings (SSSR count). The summed E-state index contributed by atoms with van der Waals surface area (Å²) < 4.78 is 11.8. The number of hydrogen-bond donors (Lipinski definition) is 1. The highest BCUT2D eigenvalue weighted by atomic mass is 16.5. The van der Waals surface area contributed by atoms with Gasteiger partial charge in [-0.1, -0.05) is 20.3 Å². The van der Waals surface area contributed by atoms with Gasteiger partial charge in [-0.15, -0.1) is 0 Å². The molecule has 1 N–H and O–H groups in total. The molecule has 0 saturated carbocycles. The molecule has 128 valence electrons. The SMILES string of the molecule is CCCCN1C(=O)C(C)(C)Oc2c(OCCC)cc(CO)cc21. The van der Waals surface area contributed by atoms with Crippen LogP contribution in [0.15, 0.2) is 12.1 Å². The number of rotatable bonds is 7. The van der Waals surface area contributed by atoms with Crippen LogP contribution in [0.5, 0.6) is 11.5 Å². The first kappa shape index (κ1) is 17.6. The van der Waals surface area contributed by atoms with Crippen molar-refractivity contribution in [2.75, 3.05) is 18.1 Å². The molecule has 1 aromatic carbocycles. The standard InChI is InChI=1S/C18H27NO4/c1-5-7-8-19-14-10-13(12-20)11-15(22-9-6-2)16(14)23-18(3,4)17(19)21/h10-11,20H,5-9,12H2,1-4H3. The highest BCUT2D eigenvalue weighted by molar-refractivity contribution is 6.03. The molecule has 1 aliphatic heterocycles. The predicted octanol–water partition coefficient (Wildman–Crippen LogP) is 3.27. The summed E-state index contributed by atoms with van der Waals surface area (Å²) in [7, 11) is 0. The van der Waals surface area contributed by atoms with Crippen molar-refractivity contribution < 1.29 is 19.4 Å². The van der Waals surface area contributed by atoms with E-state index in [1.54, 1.807) is 24.8 Å². The Hall–Kier alpha value is -1.75. The molecule has 0 radical (unpaired) electrons. The van der Waals surface area contributed by atoms with Crippen molar-refractivity contribution >= 4 is 11.6 Å². The molecule has 5 heteroatoms. The van der Waals surface area contributed by atoms with Gasteiger partial charge in [-0.3, -0.25) is 4.79 Å². The molecule has 0 aliphatic carbocycles. The fraction of sp³-hybridized carbons (Fsp3) is 0.611. The van der Waals surface area contributed by atoms with Crippen molar-refractivity contribution in [2.45, 2.75) is 59.2 Å². The third-order valence-corrected chi connectivity index (χ3v) is 3.88. The molecule has 1 aliphatic rings. The van der Waals surface area contributed by atoms with Crippen molar-refractivity contribution in [2.24, 2.45) is 0 Å². The Morgan fingerprint density at radius 1 is 1.26 bits per heavy atom. The van der Waals surface area contributed by atoms with Crippen molar-refractivity contribution in [3.63, 3.8) is 0 Å². The number of benzene rings is 1. The van der Waals surface area contributed by atoms with Crippen LogP contribution in [0.2, 0.25) is 0 Å². The van der Waals surface area contributed by atoms with Gasteiger partial charge < -0.3 is 19.5 Å². The molecule has 0 spiro atoms. The minimum atomic E-state index is -0.925. The van der Waals surface area contributed by atoms with E-state index < -0.39 is 5.60 Å². The third kappa shape index (κ3) is 3.61. The lowest BCUT2D eigenvalue weighted by molar-refractivity contribution is -0.132. The summed E-state index contributed by atoms with van der Waals surface area (Å²) in [4.78, 5) is 14.5. The second-order valence-corrected chi connectivity index (χ2v) is 6.37. The molecule has 0 saturated heterocycles. The monoisotopic (exact) mass is 321 g/mol. The fourth-order valence-electron chi connectivity index (χ4n) is 2.63. The minimum Gasteiger partial charge on any atom is -0.490 e. The second-order valence-electron chi connectivity index (χ2n) is 6.37. The van der Waals surface area contributed by atoms with E-state index in [1.165, 1.54) is 0 Å². The van der Waals surface area contributed by atoms with Crippen molar-refractivity contribution in [3.8, 4) is 11.5 Å². The lowest BCUT2D eigenvalue weighted by Crippen LogP contribution is -2.52. The molecule has 0 fully saturated rings. The molecule has 0 bridgehead atoms. The number of carbonyl (C=O) groups is 1. The highest BCUT2D eigenvalue weighted by Gasteiger charge is 2.42. The van der Waals surface area contributed by atoms with Crippen LogP contribution in [0.1, 0.15) is 52.5 Å². The zero-order valence-corrected chi connectivity index (χ0v) is 14.5. The quantitative estimate of drug-likeness (QED) is 0.837. The minimum absolute atomic E-state index is 0.0602. The van der Waals surface area contributed by atoms with E-state index in [2.05, 4.69) is 6.92 Å². The third-order valence-electron chi connectivity index (χ3n) is 3.88. The number of hydrogen-bond acceptors (Lipinski definition) is 4. The van der Waals surface area contributed by atoms with Gasteiger partial charge in [0.1, 0.15) is 0 Å². The maximum absolute atomic E-state index is 12.7. The van der Waals surface area contributed by atoms with E-state index in [-0.39, 0.29) is 12.5 Å². The van der Waals surface area contributed by atoms with Crippen LogP contribution < -0.4 is 14.4 Å². The lowest BCUT2D eigenvalue weighted by atomic mass is 10.0. The van der Waals surface area contributed by atoms with Crippen LogP contribution in [-0.2, 0) is 11.4 Å². The molecule has 0 aromatic heterocycles. The lowest BCUT2D eigenvalue weighted by Gasteiger charge is -2.39. The summed E-state index contributed by atoms with van der Waals surface area (Å²) in [5, 5.41) is 9.52. The van der Waals surface area contributed by atoms with Gasteiger partial charge in [0.15, 0.2) is 17.1 Å². The van der Waals surface area contributed by atoms with Gasteiger partial charge in [0.2, 0.25) is 0 Å². The van der Waals surface area contributed by atoms with Crippen molar-refractivity contribution in [3.05, 3.63) is 17.7 Å². The zero-order valence-electron chi connectivity index (χ0n) is 14.5. The first-order valence-electron chi connectivity index (χ1n) is 8.36. The Kier molecular flexibility index (Phi) is 5.52. The van der Waals surface area contributed by atoms with Crippen LogP contribution in [0.3, 0.4) is 0 Å². The maximum Gasteiger partial charge on any atom is 0.270 e. The van der Waals surface area contributed by atoms with E-state index in [1.807, 2.05) is 13.0 Å². The van der Waals surface area contributed by atoms with Crippen LogP contribution in [0.25, 0.3) is 0 Å². The van der Waals surface area contributed by atoms with Crippen LogP contribution in [0, 0.1) is 0 Å². The number of nitrogens with zero attached hydrogens (tertiary/aromatic N) is 1. The number of amides is 1. The molecular formula is C18H27NO4. The average molecular weight is 321 g/mol. The van der Waals surface area contributed by atoms with E-state index >= 15 is 0 Å². The van der Waals surface area contributed by atoms with Gasteiger partial charge in [0, 0.05) is 6.54 Å². The normalized spacial score (nSPS) is 16.0. The summed E-state index contributed by atoms with van der Waals surface area (Å²) in [5.41, 5.74) is 0.485. The number of unbranched alkanes of at least 4 members (excludes halogenated alkanes) is 1. The van der Waals surface area contributed by atoms with Crippen LogP contribution >= 0.6 is 0 Å². The number of aliphatic hydroxyl groups excluding tert-OH is 1. The van der Waals surface area contributed by atoms with E-state index in [9.17, 15) is 9.90 Å². The molecule has 0 unspecified atom stereocenters. The maximum atomic E-state index is 12.7. The number of anilines is 1. The Morgan fingerprint density at radius 3 is 2.61 bits per heavy atom. The number of aliphatic hydroxyl groups is 1. The van der Waals surface area contributed by atoms with Crippen LogP contribution in [0.4, 0.5) is 5.69 Å². The largest absolute Gasteiger partial charge is 0.490 e. The zero-order chi connectivity index (χ0) is 17.0.